The average molecular weight is 250 g/mol. The van der Waals surface area contributed by atoms with Gasteiger partial charge in [-0.25, -0.2) is 4.39 Å². The van der Waals surface area contributed by atoms with Crippen LogP contribution in [0.3, 0.4) is 0 Å². The van der Waals surface area contributed by atoms with Crippen molar-refractivity contribution in [3.63, 3.8) is 0 Å². The molecule has 1 amide bonds. The molecule has 1 heterocycles. The number of nitrogens with one attached hydrogen (secondary N) is 2. The highest BCUT2D eigenvalue weighted by Crippen LogP contribution is 2.17. The third-order valence-corrected chi connectivity index (χ3v) is 3.61. The van der Waals surface area contributed by atoms with Crippen LogP contribution in [0.15, 0.2) is 24.3 Å². The fourth-order valence-corrected chi connectivity index (χ4v) is 2.34. The van der Waals surface area contributed by atoms with Gasteiger partial charge in [0.2, 0.25) is 0 Å². The molecule has 1 saturated heterocycles. The van der Waals surface area contributed by atoms with Crippen LogP contribution >= 0.6 is 0 Å². The quantitative estimate of drug-likeness (QED) is 0.859. The van der Waals surface area contributed by atoms with Crippen LogP contribution in [0.25, 0.3) is 0 Å². The van der Waals surface area contributed by atoms with Crippen molar-refractivity contribution in [2.45, 2.75) is 13.3 Å². The fraction of sp³-hybridized carbons (Fsp3) is 0.500. The molecule has 4 heteroatoms. The second-order valence-electron chi connectivity index (χ2n) is 4.92. The van der Waals surface area contributed by atoms with Gasteiger partial charge < -0.3 is 10.6 Å². The number of carbonyl (C=O) groups excluding carboxylic acids is 1. The summed E-state index contributed by atoms with van der Waals surface area (Å²) >= 11 is 0. The van der Waals surface area contributed by atoms with Gasteiger partial charge in [0.05, 0.1) is 5.56 Å². The molecule has 0 radical (unpaired) electrons. The van der Waals surface area contributed by atoms with Crippen molar-refractivity contribution >= 4 is 5.91 Å². The minimum absolute atomic E-state index is 0.124. The summed E-state index contributed by atoms with van der Waals surface area (Å²) in [6, 6.07) is 6.07. The summed E-state index contributed by atoms with van der Waals surface area (Å²) in [4.78, 5) is 11.8. The Hall–Kier alpha value is -1.42. The zero-order valence-corrected chi connectivity index (χ0v) is 10.6. The van der Waals surface area contributed by atoms with Gasteiger partial charge >= 0.3 is 0 Å². The van der Waals surface area contributed by atoms with Crippen LogP contribution in [0.1, 0.15) is 23.7 Å². The van der Waals surface area contributed by atoms with E-state index in [1.807, 2.05) is 0 Å². The minimum Gasteiger partial charge on any atom is -0.352 e. The summed E-state index contributed by atoms with van der Waals surface area (Å²) < 4.78 is 13.4. The van der Waals surface area contributed by atoms with E-state index >= 15 is 0 Å². The third kappa shape index (κ3) is 3.07. The van der Waals surface area contributed by atoms with E-state index in [4.69, 9.17) is 0 Å². The highest BCUT2D eigenvalue weighted by Gasteiger charge is 2.22. The number of piperidine rings is 1. The molecule has 3 nitrogen and oxygen atoms in total. The average Bonchev–Trinajstić information content (AvgIpc) is 2.38. The van der Waals surface area contributed by atoms with E-state index in [2.05, 4.69) is 17.6 Å². The van der Waals surface area contributed by atoms with Crippen molar-refractivity contribution in [2.24, 2.45) is 11.8 Å². The van der Waals surface area contributed by atoms with Crippen molar-refractivity contribution in [1.29, 1.82) is 0 Å². The van der Waals surface area contributed by atoms with Gasteiger partial charge in [-0.2, -0.15) is 0 Å². The summed E-state index contributed by atoms with van der Waals surface area (Å²) in [5.41, 5.74) is 0.124. The molecule has 18 heavy (non-hydrogen) atoms. The molecule has 2 unspecified atom stereocenters. The fourth-order valence-electron chi connectivity index (χ4n) is 2.34. The molecular formula is C14H19FN2O. The molecule has 0 spiro atoms. The minimum atomic E-state index is -0.464. The molecule has 98 valence electrons. The zero-order chi connectivity index (χ0) is 13.0. The summed E-state index contributed by atoms with van der Waals surface area (Å²) in [5.74, 6) is 0.230. The molecular weight excluding hydrogens is 231 g/mol. The number of hydrogen-bond donors (Lipinski definition) is 2. The molecule has 0 aromatic heterocycles. The molecule has 1 aliphatic heterocycles. The first kappa shape index (κ1) is 13.0. The van der Waals surface area contributed by atoms with Gasteiger partial charge in [-0.15, -0.1) is 0 Å². The van der Waals surface area contributed by atoms with Gasteiger partial charge in [0.1, 0.15) is 5.82 Å². The van der Waals surface area contributed by atoms with E-state index in [0.29, 0.717) is 18.4 Å². The highest BCUT2D eigenvalue weighted by atomic mass is 19.1. The van der Waals surface area contributed by atoms with Gasteiger partial charge in [-0.3, -0.25) is 4.79 Å². The lowest BCUT2D eigenvalue weighted by Gasteiger charge is -2.29. The zero-order valence-electron chi connectivity index (χ0n) is 10.6. The first-order valence-corrected chi connectivity index (χ1v) is 6.42. The monoisotopic (exact) mass is 250 g/mol. The Morgan fingerprint density at radius 1 is 1.50 bits per heavy atom. The molecule has 1 aromatic rings. The lowest BCUT2D eigenvalue weighted by Crippen LogP contribution is -2.41. The predicted molar refractivity (Wildman–Crippen MR) is 68.9 cm³/mol. The molecule has 1 fully saturated rings. The SMILES string of the molecule is CC1CNCCC1CNC(=O)c1ccccc1F. The van der Waals surface area contributed by atoms with Crippen molar-refractivity contribution < 1.29 is 9.18 Å². The summed E-state index contributed by atoms with van der Waals surface area (Å²) in [5, 5.41) is 6.15. The summed E-state index contributed by atoms with van der Waals surface area (Å²) in [6.45, 7) is 4.77. The Labute approximate surface area is 107 Å². The highest BCUT2D eigenvalue weighted by molar-refractivity contribution is 5.94. The molecule has 0 saturated carbocycles. The van der Waals surface area contributed by atoms with Crippen LogP contribution in [0.2, 0.25) is 0 Å². The van der Waals surface area contributed by atoms with E-state index in [-0.39, 0.29) is 11.5 Å². The van der Waals surface area contributed by atoms with Crippen molar-refractivity contribution in [3.05, 3.63) is 35.6 Å². The van der Waals surface area contributed by atoms with Crippen LogP contribution in [0, 0.1) is 17.7 Å². The van der Waals surface area contributed by atoms with E-state index in [9.17, 15) is 9.18 Å². The van der Waals surface area contributed by atoms with Crippen molar-refractivity contribution in [1.82, 2.24) is 10.6 Å². The van der Waals surface area contributed by atoms with Gasteiger partial charge in [-0.05, 0) is 43.5 Å². The van der Waals surface area contributed by atoms with Gasteiger partial charge in [0.25, 0.3) is 5.91 Å². The number of halogens is 1. The van der Waals surface area contributed by atoms with Gasteiger partial charge in [-0.1, -0.05) is 19.1 Å². The third-order valence-electron chi connectivity index (χ3n) is 3.61. The van der Waals surface area contributed by atoms with E-state index in [0.717, 1.165) is 19.5 Å². The first-order valence-electron chi connectivity index (χ1n) is 6.42. The van der Waals surface area contributed by atoms with Gasteiger partial charge in [0.15, 0.2) is 0 Å². The number of rotatable bonds is 3. The maximum atomic E-state index is 13.4. The number of amides is 1. The number of benzene rings is 1. The smallest absolute Gasteiger partial charge is 0.254 e. The Morgan fingerprint density at radius 2 is 2.28 bits per heavy atom. The Morgan fingerprint density at radius 3 is 3.00 bits per heavy atom. The lowest BCUT2D eigenvalue weighted by atomic mass is 9.88. The van der Waals surface area contributed by atoms with Gasteiger partial charge in [0, 0.05) is 6.54 Å². The first-order chi connectivity index (χ1) is 8.68. The molecule has 2 rings (SSSR count). The maximum absolute atomic E-state index is 13.4. The van der Waals surface area contributed by atoms with Crippen LogP contribution in [-0.2, 0) is 0 Å². The Balaban J connectivity index is 1.90. The maximum Gasteiger partial charge on any atom is 0.254 e. The van der Waals surface area contributed by atoms with Crippen LogP contribution in [-0.4, -0.2) is 25.5 Å². The van der Waals surface area contributed by atoms with E-state index < -0.39 is 5.82 Å². The topological polar surface area (TPSA) is 41.1 Å². The Kier molecular flexibility index (Phi) is 4.31. The normalized spacial score (nSPS) is 23.7. The molecule has 0 aliphatic carbocycles. The summed E-state index contributed by atoms with van der Waals surface area (Å²) in [6.07, 6.45) is 1.05. The van der Waals surface area contributed by atoms with Crippen LogP contribution in [0.5, 0.6) is 0 Å². The number of carbonyl (C=O) groups is 1. The second kappa shape index (κ2) is 5.96. The standard InChI is InChI=1S/C14H19FN2O/c1-10-8-16-7-6-11(10)9-17-14(18)12-4-2-3-5-13(12)15/h2-5,10-11,16H,6-9H2,1H3,(H,17,18). The second-order valence-corrected chi connectivity index (χ2v) is 4.92. The summed E-state index contributed by atoms with van der Waals surface area (Å²) in [7, 11) is 0. The molecule has 2 N–H and O–H groups in total. The number of hydrogen-bond acceptors (Lipinski definition) is 2. The molecule has 2 atom stereocenters. The van der Waals surface area contributed by atoms with E-state index in [1.54, 1.807) is 12.1 Å². The van der Waals surface area contributed by atoms with Crippen molar-refractivity contribution in [3.8, 4) is 0 Å². The molecule has 0 bridgehead atoms. The Bertz CT molecular complexity index is 422. The largest absolute Gasteiger partial charge is 0.352 e. The molecule has 1 aliphatic rings. The van der Waals surface area contributed by atoms with E-state index in [1.165, 1.54) is 12.1 Å². The molecule has 1 aromatic carbocycles. The van der Waals surface area contributed by atoms with Crippen molar-refractivity contribution in [2.75, 3.05) is 19.6 Å². The van der Waals surface area contributed by atoms with Crippen LogP contribution < -0.4 is 10.6 Å². The van der Waals surface area contributed by atoms with Crippen LogP contribution in [0.4, 0.5) is 4.39 Å². The lowest BCUT2D eigenvalue weighted by molar-refractivity contribution is 0.0934. The predicted octanol–water partition coefficient (Wildman–Crippen LogP) is 1.80.